The molecule has 1 aliphatic heterocycles. The highest BCUT2D eigenvalue weighted by Gasteiger charge is 2.19. The standard InChI is InChI=1S/C16H24Cl2N2O/c1-21-9-6-19-11-13-4-7-20(8-5-13)12-14-2-3-15(17)16(18)10-14/h2-3,10,13,19H,4-9,11-12H2,1H3. The Hall–Kier alpha value is -0.320. The van der Waals surface area contributed by atoms with Crippen LogP contribution in [0, 0.1) is 5.92 Å². The first-order chi connectivity index (χ1) is 10.2. The molecule has 21 heavy (non-hydrogen) atoms. The lowest BCUT2D eigenvalue weighted by atomic mass is 9.96. The number of likely N-dealkylation sites (tertiary alicyclic amines) is 1. The quantitative estimate of drug-likeness (QED) is 0.775. The van der Waals surface area contributed by atoms with Crippen LogP contribution in [0.5, 0.6) is 0 Å². The predicted octanol–water partition coefficient (Wildman–Crippen LogP) is 3.44. The number of nitrogens with one attached hydrogen (secondary N) is 1. The van der Waals surface area contributed by atoms with Gasteiger partial charge in [-0.15, -0.1) is 0 Å². The largest absolute Gasteiger partial charge is 0.383 e. The van der Waals surface area contributed by atoms with E-state index < -0.39 is 0 Å². The van der Waals surface area contributed by atoms with Crippen LogP contribution in [0.3, 0.4) is 0 Å². The molecule has 2 rings (SSSR count). The molecular formula is C16H24Cl2N2O. The van der Waals surface area contributed by atoms with Gasteiger partial charge in [0.15, 0.2) is 0 Å². The maximum atomic E-state index is 6.07. The van der Waals surface area contributed by atoms with Crippen molar-refractivity contribution < 1.29 is 4.74 Å². The molecule has 0 unspecified atom stereocenters. The normalized spacial score (nSPS) is 17.3. The summed E-state index contributed by atoms with van der Waals surface area (Å²) in [6.45, 7) is 6.09. The van der Waals surface area contributed by atoms with Crippen LogP contribution in [0.25, 0.3) is 0 Å². The number of methoxy groups -OCH3 is 1. The van der Waals surface area contributed by atoms with E-state index in [0.717, 1.165) is 45.2 Å². The summed E-state index contributed by atoms with van der Waals surface area (Å²) in [5.74, 6) is 0.784. The van der Waals surface area contributed by atoms with Gasteiger partial charge >= 0.3 is 0 Å². The summed E-state index contributed by atoms with van der Waals surface area (Å²) in [5, 5.41) is 4.73. The minimum absolute atomic E-state index is 0.626. The van der Waals surface area contributed by atoms with Gasteiger partial charge in [0, 0.05) is 20.2 Å². The Bertz CT molecular complexity index is 434. The zero-order chi connectivity index (χ0) is 15.1. The van der Waals surface area contributed by atoms with Crippen molar-refractivity contribution in [1.29, 1.82) is 0 Å². The van der Waals surface area contributed by atoms with Gasteiger partial charge in [-0.05, 0) is 56.1 Å². The van der Waals surface area contributed by atoms with Gasteiger partial charge in [-0.3, -0.25) is 4.90 Å². The summed E-state index contributed by atoms with van der Waals surface area (Å²) in [4.78, 5) is 2.49. The van der Waals surface area contributed by atoms with E-state index in [1.54, 1.807) is 7.11 Å². The number of piperidine rings is 1. The molecule has 0 aliphatic carbocycles. The molecule has 0 spiro atoms. The number of rotatable bonds is 7. The van der Waals surface area contributed by atoms with Crippen LogP contribution in [0.2, 0.25) is 10.0 Å². The van der Waals surface area contributed by atoms with Gasteiger partial charge in [-0.25, -0.2) is 0 Å². The smallest absolute Gasteiger partial charge is 0.0595 e. The number of nitrogens with zero attached hydrogens (tertiary/aromatic N) is 1. The lowest BCUT2D eigenvalue weighted by Crippen LogP contribution is -2.37. The first kappa shape index (κ1) is 17.0. The van der Waals surface area contributed by atoms with Crippen molar-refractivity contribution >= 4 is 23.2 Å². The predicted molar refractivity (Wildman–Crippen MR) is 89.2 cm³/mol. The van der Waals surface area contributed by atoms with Crippen LogP contribution in [0.1, 0.15) is 18.4 Å². The molecule has 0 bridgehead atoms. The lowest BCUT2D eigenvalue weighted by Gasteiger charge is -2.32. The van der Waals surface area contributed by atoms with Crippen molar-refractivity contribution in [2.45, 2.75) is 19.4 Å². The van der Waals surface area contributed by atoms with E-state index in [9.17, 15) is 0 Å². The highest BCUT2D eigenvalue weighted by atomic mass is 35.5. The van der Waals surface area contributed by atoms with E-state index in [2.05, 4.69) is 16.3 Å². The summed E-state index contributed by atoms with van der Waals surface area (Å²) >= 11 is 12.0. The van der Waals surface area contributed by atoms with Crippen LogP contribution >= 0.6 is 23.2 Å². The molecule has 1 fully saturated rings. The maximum absolute atomic E-state index is 6.07. The Morgan fingerprint density at radius 1 is 1.24 bits per heavy atom. The fraction of sp³-hybridized carbons (Fsp3) is 0.625. The van der Waals surface area contributed by atoms with Gasteiger partial charge in [0.2, 0.25) is 0 Å². The van der Waals surface area contributed by atoms with Crippen molar-refractivity contribution in [3.63, 3.8) is 0 Å². The molecule has 0 radical (unpaired) electrons. The third-order valence-corrected chi connectivity index (χ3v) is 4.75. The Kier molecular flexibility index (Phi) is 7.27. The molecule has 1 aromatic carbocycles. The number of halogens is 2. The first-order valence-corrected chi connectivity index (χ1v) is 8.30. The Morgan fingerprint density at radius 3 is 2.67 bits per heavy atom. The molecule has 0 amide bonds. The molecule has 0 atom stereocenters. The number of hydrogen-bond donors (Lipinski definition) is 1. The summed E-state index contributed by atoms with van der Waals surface area (Å²) in [6, 6.07) is 5.92. The summed E-state index contributed by atoms with van der Waals surface area (Å²) in [7, 11) is 1.74. The van der Waals surface area contributed by atoms with Crippen LogP contribution < -0.4 is 5.32 Å². The molecule has 118 valence electrons. The molecule has 1 aromatic rings. The van der Waals surface area contributed by atoms with E-state index in [4.69, 9.17) is 27.9 Å². The van der Waals surface area contributed by atoms with E-state index in [1.165, 1.54) is 18.4 Å². The van der Waals surface area contributed by atoms with Crippen molar-refractivity contribution in [2.75, 3.05) is 39.9 Å². The summed E-state index contributed by atoms with van der Waals surface area (Å²) in [5.41, 5.74) is 1.24. The molecule has 1 saturated heterocycles. The fourth-order valence-corrected chi connectivity index (χ4v) is 3.05. The highest BCUT2D eigenvalue weighted by molar-refractivity contribution is 6.42. The molecular weight excluding hydrogens is 307 g/mol. The minimum Gasteiger partial charge on any atom is -0.383 e. The van der Waals surface area contributed by atoms with E-state index in [0.29, 0.717) is 10.0 Å². The molecule has 1 N–H and O–H groups in total. The average molecular weight is 331 g/mol. The van der Waals surface area contributed by atoms with Crippen molar-refractivity contribution in [3.05, 3.63) is 33.8 Å². The second-order valence-electron chi connectivity index (χ2n) is 5.66. The summed E-state index contributed by atoms with van der Waals surface area (Å²) in [6.07, 6.45) is 2.50. The highest BCUT2D eigenvalue weighted by Crippen LogP contribution is 2.24. The van der Waals surface area contributed by atoms with Gasteiger partial charge in [-0.2, -0.15) is 0 Å². The monoisotopic (exact) mass is 330 g/mol. The SMILES string of the molecule is COCCNCC1CCN(Cc2ccc(Cl)c(Cl)c2)CC1. The third-order valence-electron chi connectivity index (χ3n) is 4.01. The average Bonchev–Trinajstić information content (AvgIpc) is 2.49. The van der Waals surface area contributed by atoms with E-state index in [-0.39, 0.29) is 0 Å². The van der Waals surface area contributed by atoms with Crippen LogP contribution in [-0.4, -0.2) is 44.8 Å². The molecule has 1 aliphatic rings. The van der Waals surface area contributed by atoms with Gasteiger partial charge in [0.25, 0.3) is 0 Å². The number of ether oxygens (including phenoxy) is 1. The number of hydrogen-bond acceptors (Lipinski definition) is 3. The Labute approximate surface area is 137 Å². The molecule has 1 heterocycles. The van der Waals surface area contributed by atoms with Crippen LogP contribution in [0.15, 0.2) is 18.2 Å². The summed E-state index contributed by atoms with van der Waals surface area (Å²) < 4.78 is 5.04. The molecule has 5 heteroatoms. The zero-order valence-electron chi connectivity index (χ0n) is 12.6. The van der Waals surface area contributed by atoms with Crippen molar-refractivity contribution in [3.8, 4) is 0 Å². The van der Waals surface area contributed by atoms with E-state index >= 15 is 0 Å². The first-order valence-electron chi connectivity index (χ1n) is 7.55. The van der Waals surface area contributed by atoms with Crippen molar-refractivity contribution in [1.82, 2.24) is 10.2 Å². The molecule has 0 saturated carbocycles. The van der Waals surface area contributed by atoms with Crippen LogP contribution in [0.4, 0.5) is 0 Å². The second-order valence-corrected chi connectivity index (χ2v) is 6.48. The molecule has 3 nitrogen and oxygen atoms in total. The van der Waals surface area contributed by atoms with Gasteiger partial charge < -0.3 is 10.1 Å². The van der Waals surface area contributed by atoms with Gasteiger partial charge in [0.05, 0.1) is 16.7 Å². The van der Waals surface area contributed by atoms with Gasteiger partial charge in [-0.1, -0.05) is 29.3 Å². The topological polar surface area (TPSA) is 24.5 Å². The fourth-order valence-electron chi connectivity index (χ4n) is 2.73. The zero-order valence-corrected chi connectivity index (χ0v) is 14.1. The Balaban J connectivity index is 1.70. The van der Waals surface area contributed by atoms with Crippen molar-refractivity contribution in [2.24, 2.45) is 5.92 Å². The maximum Gasteiger partial charge on any atom is 0.0595 e. The van der Waals surface area contributed by atoms with Crippen LogP contribution in [-0.2, 0) is 11.3 Å². The second kappa shape index (κ2) is 8.96. The van der Waals surface area contributed by atoms with Gasteiger partial charge in [0.1, 0.15) is 0 Å². The minimum atomic E-state index is 0.626. The molecule has 0 aromatic heterocycles. The Morgan fingerprint density at radius 2 is 2.00 bits per heavy atom. The number of benzene rings is 1. The lowest BCUT2D eigenvalue weighted by molar-refractivity contribution is 0.168. The third kappa shape index (κ3) is 5.76. The van der Waals surface area contributed by atoms with E-state index in [1.807, 2.05) is 12.1 Å².